The fraction of sp³-hybridized carbons (Fsp3) is 0.484. The van der Waals surface area contributed by atoms with Crippen molar-refractivity contribution in [2.24, 2.45) is 11.8 Å². The lowest BCUT2D eigenvalue weighted by Crippen LogP contribution is -2.37. The molecular weight excluding hydrogens is 518 g/mol. The maximum Gasteiger partial charge on any atom is 0.400 e. The molecule has 3 rings (SSSR count). The Bertz CT molecular complexity index is 1110. The molecule has 0 saturated heterocycles. The van der Waals surface area contributed by atoms with Crippen molar-refractivity contribution in [3.05, 3.63) is 59.7 Å². The quantitative estimate of drug-likeness (QED) is 0.111. The second-order valence-corrected chi connectivity index (χ2v) is 10.3. The van der Waals surface area contributed by atoms with E-state index in [0.717, 1.165) is 19.3 Å². The van der Waals surface area contributed by atoms with Gasteiger partial charge in [-0.2, -0.15) is 8.78 Å². The zero-order valence-corrected chi connectivity index (χ0v) is 23.1. The van der Waals surface area contributed by atoms with Crippen molar-refractivity contribution >= 4 is 29.4 Å². The van der Waals surface area contributed by atoms with E-state index in [0.29, 0.717) is 42.1 Å². The molecule has 0 aliphatic heterocycles. The van der Waals surface area contributed by atoms with Gasteiger partial charge in [-0.3, -0.25) is 0 Å². The van der Waals surface area contributed by atoms with Crippen LogP contribution in [0.3, 0.4) is 0 Å². The summed E-state index contributed by atoms with van der Waals surface area (Å²) in [6, 6.07) is 10.6. The first-order valence-electron chi connectivity index (χ1n) is 14.0. The van der Waals surface area contributed by atoms with Gasteiger partial charge >= 0.3 is 18.0 Å². The number of alkyl halides is 2. The van der Waals surface area contributed by atoms with Crippen molar-refractivity contribution in [2.75, 3.05) is 24.7 Å². The summed E-state index contributed by atoms with van der Waals surface area (Å²) in [4.78, 5) is 24.0. The lowest BCUT2D eigenvalue weighted by atomic mass is 9.79. The molecule has 2 aromatic carbocycles. The molecule has 0 heterocycles. The molecule has 7 nitrogen and oxygen atoms in total. The lowest BCUT2D eigenvalue weighted by Gasteiger charge is -2.33. The second-order valence-electron chi connectivity index (χ2n) is 10.3. The Labute approximate surface area is 234 Å². The summed E-state index contributed by atoms with van der Waals surface area (Å²) >= 11 is 0. The number of esters is 2. The minimum Gasteiger partial charge on any atom is -0.462 e. The van der Waals surface area contributed by atoms with Gasteiger partial charge in [0, 0.05) is 23.9 Å². The first-order chi connectivity index (χ1) is 19.2. The molecule has 1 aliphatic carbocycles. The molecule has 0 spiro atoms. The van der Waals surface area contributed by atoms with Crippen LogP contribution in [-0.2, 0) is 14.3 Å². The van der Waals surface area contributed by atoms with Gasteiger partial charge in [-0.25, -0.2) is 9.59 Å². The number of carbonyl (C=O) groups is 2. The van der Waals surface area contributed by atoms with Crippen LogP contribution in [0.25, 0.3) is 6.08 Å². The molecule has 1 aliphatic rings. The molecule has 40 heavy (non-hydrogen) atoms. The van der Waals surface area contributed by atoms with Gasteiger partial charge in [0.05, 0.1) is 24.7 Å². The third kappa shape index (κ3) is 10.2. The van der Waals surface area contributed by atoms with Crippen molar-refractivity contribution in [1.82, 2.24) is 0 Å². The number of halogens is 2. The SMILES string of the molecule is CCCCCC1CCC(C(F)(F)Oc2ccc(/C=C/C(=O)OCCCOC(=O)c3cc(N)cc(N)c3)cc2)CC1. The molecule has 0 aromatic heterocycles. The molecule has 0 unspecified atom stereocenters. The first-order valence-corrected chi connectivity index (χ1v) is 14.0. The predicted molar refractivity (Wildman–Crippen MR) is 152 cm³/mol. The van der Waals surface area contributed by atoms with Crippen molar-refractivity contribution in [2.45, 2.75) is 70.8 Å². The molecule has 1 saturated carbocycles. The second kappa shape index (κ2) is 15.2. The molecule has 0 bridgehead atoms. The maximum absolute atomic E-state index is 14.8. The fourth-order valence-corrected chi connectivity index (χ4v) is 4.84. The molecule has 0 atom stereocenters. The van der Waals surface area contributed by atoms with Crippen LogP contribution >= 0.6 is 0 Å². The van der Waals surface area contributed by atoms with Gasteiger partial charge in [0.25, 0.3) is 0 Å². The number of ether oxygens (including phenoxy) is 3. The summed E-state index contributed by atoms with van der Waals surface area (Å²) in [5.74, 6) is -1.28. The molecule has 4 N–H and O–H groups in total. The van der Waals surface area contributed by atoms with Crippen LogP contribution in [-0.4, -0.2) is 31.3 Å². The molecule has 2 aromatic rings. The lowest BCUT2D eigenvalue weighted by molar-refractivity contribution is -0.223. The normalized spacial score (nSPS) is 17.5. The highest BCUT2D eigenvalue weighted by Gasteiger charge is 2.43. The summed E-state index contributed by atoms with van der Waals surface area (Å²) in [7, 11) is 0. The standard InChI is InChI=1S/C31H40F2N2O5/c1-2-3-4-6-22-7-12-25(13-8-22)31(32,33)40-28-14-9-23(10-15-28)11-16-29(36)38-17-5-18-39-30(37)24-19-26(34)21-27(35)20-24/h9-11,14-16,19-22,25H,2-8,12-13,17-18,34-35H2,1H3/b16-11+. The van der Waals surface area contributed by atoms with E-state index in [-0.39, 0.29) is 24.5 Å². The minimum atomic E-state index is -3.22. The molecule has 0 radical (unpaired) electrons. The summed E-state index contributed by atoms with van der Waals surface area (Å²) in [6.07, 6.45) is 7.15. The van der Waals surface area contributed by atoms with Gasteiger partial charge in [-0.05, 0) is 73.6 Å². The number of carbonyl (C=O) groups excluding carboxylic acids is 2. The van der Waals surface area contributed by atoms with Gasteiger partial charge in [-0.15, -0.1) is 0 Å². The third-order valence-corrected chi connectivity index (χ3v) is 7.06. The van der Waals surface area contributed by atoms with Crippen LogP contribution < -0.4 is 16.2 Å². The van der Waals surface area contributed by atoms with Crippen LogP contribution in [0.15, 0.2) is 48.5 Å². The highest BCUT2D eigenvalue weighted by molar-refractivity contribution is 5.91. The van der Waals surface area contributed by atoms with E-state index in [4.69, 9.17) is 25.7 Å². The Morgan fingerprint density at radius 3 is 2.23 bits per heavy atom. The van der Waals surface area contributed by atoms with E-state index >= 15 is 0 Å². The Morgan fingerprint density at radius 2 is 1.57 bits per heavy atom. The topological polar surface area (TPSA) is 114 Å². The fourth-order valence-electron chi connectivity index (χ4n) is 4.84. The number of hydrogen-bond acceptors (Lipinski definition) is 7. The molecular formula is C31H40F2N2O5. The highest BCUT2D eigenvalue weighted by atomic mass is 19.3. The van der Waals surface area contributed by atoms with E-state index in [2.05, 4.69) is 6.92 Å². The number of nitrogen functional groups attached to an aromatic ring is 2. The maximum atomic E-state index is 14.8. The Hall–Kier alpha value is -3.62. The average molecular weight is 559 g/mol. The van der Waals surface area contributed by atoms with Crippen LogP contribution in [0.1, 0.15) is 80.6 Å². The zero-order valence-electron chi connectivity index (χ0n) is 23.1. The highest BCUT2D eigenvalue weighted by Crippen LogP contribution is 2.41. The van der Waals surface area contributed by atoms with E-state index in [9.17, 15) is 18.4 Å². The molecule has 1 fully saturated rings. The van der Waals surface area contributed by atoms with Crippen molar-refractivity contribution < 1.29 is 32.6 Å². The van der Waals surface area contributed by atoms with Gasteiger partial charge in [0.2, 0.25) is 0 Å². The molecule has 218 valence electrons. The van der Waals surface area contributed by atoms with Crippen molar-refractivity contribution in [1.29, 1.82) is 0 Å². The van der Waals surface area contributed by atoms with Crippen LogP contribution in [0.5, 0.6) is 5.75 Å². The van der Waals surface area contributed by atoms with Crippen molar-refractivity contribution in [3.63, 3.8) is 0 Å². The summed E-state index contributed by atoms with van der Waals surface area (Å²) in [5.41, 5.74) is 12.9. The van der Waals surface area contributed by atoms with Crippen LogP contribution in [0, 0.1) is 11.8 Å². The van der Waals surface area contributed by atoms with Gasteiger partial charge < -0.3 is 25.7 Å². The van der Waals surface area contributed by atoms with Gasteiger partial charge in [0.1, 0.15) is 5.75 Å². The monoisotopic (exact) mass is 558 g/mol. The predicted octanol–water partition coefficient (Wildman–Crippen LogP) is 7.01. The summed E-state index contributed by atoms with van der Waals surface area (Å²) in [5, 5.41) is 0. The van der Waals surface area contributed by atoms with Gasteiger partial charge in [0.15, 0.2) is 0 Å². The van der Waals surface area contributed by atoms with Crippen LogP contribution in [0.2, 0.25) is 0 Å². The largest absolute Gasteiger partial charge is 0.462 e. The number of unbranched alkanes of at least 4 members (excludes halogenated alkanes) is 2. The molecule has 0 amide bonds. The smallest absolute Gasteiger partial charge is 0.400 e. The van der Waals surface area contributed by atoms with Crippen molar-refractivity contribution in [3.8, 4) is 5.75 Å². The number of nitrogens with two attached hydrogens (primary N) is 2. The Balaban J connectivity index is 1.35. The van der Waals surface area contributed by atoms with E-state index in [1.165, 1.54) is 61.7 Å². The Morgan fingerprint density at radius 1 is 0.925 bits per heavy atom. The molecule has 9 heteroatoms. The number of anilines is 2. The number of benzene rings is 2. The van der Waals surface area contributed by atoms with Gasteiger partial charge in [-0.1, -0.05) is 44.7 Å². The minimum absolute atomic E-state index is 0.0526. The summed E-state index contributed by atoms with van der Waals surface area (Å²) in [6.45, 7) is 2.27. The van der Waals surface area contributed by atoms with E-state index < -0.39 is 24.0 Å². The third-order valence-electron chi connectivity index (χ3n) is 7.06. The summed E-state index contributed by atoms with van der Waals surface area (Å²) < 4.78 is 44.9. The first kappa shape index (κ1) is 30.9. The Kier molecular flexibility index (Phi) is 11.8. The van der Waals surface area contributed by atoms with Crippen LogP contribution in [0.4, 0.5) is 20.2 Å². The zero-order chi connectivity index (χ0) is 29.0. The average Bonchev–Trinajstić information content (AvgIpc) is 2.92. The number of rotatable bonds is 14. The van der Waals surface area contributed by atoms with E-state index in [1.54, 1.807) is 12.1 Å². The number of hydrogen-bond donors (Lipinski definition) is 2. The van der Waals surface area contributed by atoms with E-state index in [1.807, 2.05) is 0 Å².